The van der Waals surface area contributed by atoms with Gasteiger partial charge in [-0.3, -0.25) is 0 Å². The second kappa shape index (κ2) is 13.7. The van der Waals surface area contributed by atoms with Gasteiger partial charge in [0.15, 0.2) is 0 Å². The van der Waals surface area contributed by atoms with E-state index in [0.29, 0.717) is 22.7 Å². The fraction of sp³-hybridized carbons (Fsp3) is 0.0714. The van der Waals surface area contributed by atoms with Crippen LogP contribution < -0.4 is 9.80 Å². The highest BCUT2D eigenvalue weighted by Gasteiger charge is 2.53. The average Bonchev–Trinajstić information content (AvgIpc) is 3.90. The van der Waals surface area contributed by atoms with Gasteiger partial charge in [0.05, 0.1) is 11.0 Å². The lowest BCUT2D eigenvalue weighted by molar-refractivity contribution is -0.137. The maximum absolute atomic E-state index is 14.6. The third-order valence-corrected chi connectivity index (χ3v) is 13.2. The number of para-hydroxylation sites is 2. The van der Waals surface area contributed by atoms with Crippen molar-refractivity contribution in [2.75, 3.05) is 16.3 Å². The largest absolute Gasteiger partial charge is 0.416 e. The van der Waals surface area contributed by atoms with Crippen LogP contribution in [0.3, 0.4) is 0 Å². The molecule has 0 heterocycles. The molecule has 1 unspecified atom stereocenters. The second-order valence-electron chi connectivity index (χ2n) is 16.6. The molecule has 310 valence electrons. The van der Waals surface area contributed by atoms with Crippen molar-refractivity contribution in [3.63, 3.8) is 0 Å². The normalized spacial score (nSPS) is 15.2. The number of hydrogen-bond acceptors (Lipinski definition) is 2. The highest BCUT2D eigenvalue weighted by molar-refractivity contribution is 6.21. The summed E-state index contributed by atoms with van der Waals surface area (Å²) in [6, 6.07) is 60.6. The van der Waals surface area contributed by atoms with E-state index < -0.39 is 29.9 Å². The molecule has 1 spiro atoms. The maximum Gasteiger partial charge on any atom is 0.416 e. The summed E-state index contributed by atoms with van der Waals surface area (Å²) >= 11 is 0. The van der Waals surface area contributed by atoms with Crippen molar-refractivity contribution in [2.24, 2.45) is 0 Å². The number of fused-ring (bicyclic) bond motifs is 14. The Morgan fingerprint density at radius 1 is 0.375 bits per heavy atom. The van der Waals surface area contributed by atoms with Crippen LogP contribution in [-0.2, 0) is 11.6 Å². The first kappa shape index (κ1) is 38.1. The number of benzene rings is 9. The Morgan fingerprint density at radius 3 is 1.56 bits per heavy atom. The molecule has 0 saturated carbocycles. The molecular weight excluding hydrogens is 815 g/mol. The van der Waals surface area contributed by atoms with Crippen molar-refractivity contribution in [3.8, 4) is 44.5 Å². The van der Waals surface area contributed by atoms with Gasteiger partial charge in [-0.2, -0.15) is 26.3 Å². The fourth-order valence-electron chi connectivity index (χ4n) is 10.8. The summed E-state index contributed by atoms with van der Waals surface area (Å²) in [5.74, 6) is 0. The zero-order chi connectivity index (χ0) is 43.5. The van der Waals surface area contributed by atoms with Crippen LogP contribution in [-0.4, -0.2) is 12.7 Å². The monoisotopic (exact) mass is 848 g/mol. The molecule has 1 atom stereocenters. The number of anilines is 5. The van der Waals surface area contributed by atoms with Crippen molar-refractivity contribution in [1.82, 2.24) is 0 Å². The Balaban J connectivity index is 1.17. The number of alkyl halides is 6. The van der Waals surface area contributed by atoms with Crippen LogP contribution in [0.5, 0.6) is 0 Å². The Labute approximate surface area is 364 Å². The maximum atomic E-state index is 14.6. The zero-order valence-electron chi connectivity index (χ0n) is 33.8. The Kier molecular flexibility index (Phi) is 8.17. The van der Waals surface area contributed by atoms with Gasteiger partial charge in [-0.1, -0.05) is 115 Å². The van der Waals surface area contributed by atoms with Crippen LogP contribution in [0.4, 0.5) is 54.8 Å². The molecule has 12 rings (SSSR count). The van der Waals surface area contributed by atoms with E-state index in [-0.39, 0.29) is 0 Å². The SMILES string of the molecule is FC(F)(F)CN(c1ccccc1)c1ccc2c(c1)C1(c3cc(N(c4ccccc4)c4ccc(C(F)(F)F)cc4)ccc3-2)c2ccccc2-c2c1cc1c3c(cccc23)-c2ccccc2-1. The molecule has 0 amide bonds. The predicted octanol–water partition coefficient (Wildman–Crippen LogP) is 16.0. The van der Waals surface area contributed by atoms with E-state index in [1.807, 2.05) is 71.6 Å². The first-order valence-corrected chi connectivity index (χ1v) is 21.0. The zero-order valence-corrected chi connectivity index (χ0v) is 33.8. The van der Waals surface area contributed by atoms with E-state index in [9.17, 15) is 26.3 Å². The summed E-state index contributed by atoms with van der Waals surface area (Å²) in [6.07, 6.45) is -9.02. The van der Waals surface area contributed by atoms with Crippen molar-refractivity contribution < 1.29 is 26.3 Å². The van der Waals surface area contributed by atoms with E-state index >= 15 is 0 Å². The standard InChI is InChI=1S/C56H34F6N2/c57-54(58,59)33-63(35-12-3-1-4-13-35)38-26-28-42-43-29-27-39(64(36-14-5-2-6-15-36)37-24-22-34(23-25-37)56(60,61)62)31-50(43)55(49(42)30-38)48-21-10-9-18-45(48)53-46-20-11-19-44-40-16-7-8-17-41(40)47(52(44)46)32-51(53)55/h1-32H,33H2. The number of nitrogens with zero attached hydrogens (tertiary/aromatic N) is 2. The smallest absolute Gasteiger partial charge is 0.332 e. The van der Waals surface area contributed by atoms with Crippen LogP contribution >= 0.6 is 0 Å². The van der Waals surface area contributed by atoms with E-state index in [2.05, 4.69) is 66.7 Å². The average molecular weight is 849 g/mol. The topological polar surface area (TPSA) is 6.48 Å². The summed E-state index contributed by atoms with van der Waals surface area (Å²) in [5, 5.41) is 2.25. The molecule has 3 aliphatic rings. The molecule has 0 fully saturated rings. The first-order valence-electron chi connectivity index (χ1n) is 21.0. The van der Waals surface area contributed by atoms with E-state index in [1.165, 1.54) is 17.0 Å². The Morgan fingerprint density at radius 2 is 0.906 bits per heavy atom. The molecule has 8 heteroatoms. The highest BCUT2D eigenvalue weighted by Crippen LogP contribution is 2.66. The molecule has 0 aliphatic heterocycles. The minimum Gasteiger partial charge on any atom is -0.332 e. The molecular formula is C56H34F6N2. The number of hydrogen-bond donors (Lipinski definition) is 0. The van der Waals surface area contributed by atoms with Gasteiger partial charge in [-0.05, 0) is 156 Å². The molecule has 2 nitrogen and oxygen atoms in total. The lowest BCUT2D eigenvalue weighted by Crippen LogP contribution is -2.31. The Bertz CT molecular complexity index is 3340. The van der Waals surface area contributed by atoms with Crippen molar-refractivity contribution >= 4 is 39.2 Å². The van der Waals surface area contributed by atoms with Gasteiger partial charge in [-0.25, -0.2) is 0 Å². The van der Waals surface area contributed by atoms with Crippen molar-refractivity contribution in [2.45, 2.75) is 17.8 Å². The molecule has 9 aromatic carbocycles. The molecule has 64 heavy (non-hydrogen) atoms. The minimum atomic E-state index is -4.51. The van der Waals surface area contributed by atoms with Gasteiger partial charge in [0.25, 0.3) is 0 Å². The Hall–Kier alpha value is -7.58. The lowest BCUT2D eigenvalue weighted by atomic mass is 9.70. The molecule has 0 bridgehead atoms. The van der Waals surface area contributed by atoms with Crippen LogP contribution in [0.2, 0.25) is 0 Å². The van der Waals surface area contributed by atoms with Gasteiger partial charge in [-0.15, -0.1) is 0 Å². The van der Waals surface area contributed by atoms with E-state index in [1.54, 1.807) is 36.4 Å². The van der Waals surface area contributed by atoms with Gasteiger partial charge in [0, 0.05) is 28.4 Å². The van der Waals surface area contributed by atoms with Gasteiger partial charge >= 0.3 is 12.4 Å². The predicted molar refractivity (Wildman–Crippen MR) is 244 cm³/mol. The third kappa shape index (κ3) is 5.54. The lowest BCUT2D eigenvalue weighted by Gasteiger charge is -2.33. The van der Waals surface area contributed by atoms with Gasteiger partial charge in [0.2, 0.25) is 0 Å². The van der Waals surface area contributed by atoms with E-state index in [4.69, 9.17) is 0 Å². The summed E-state index contributed by atoms with van der Waals surface area (Å²) in [6.45, 7) is -1.19. The van der Waals surface area contributed by atoms with Crippen molar-refractivity contribution in [3.05, 3.63) is 222 Å². The van der Waals surface area contributed by atoms with Gasteiger partial charge < -0.3 is 9.80 Å². The summed E-state index contributed by atoms with van der Waals surface area (Å²) < 4.78 is 85.4. The fourth-order valence-corrected chi connectivity index (χ4v) is 10.8. The first-order chi connectivity index (χ1) is 31.0. The molecule has 9 aromatic rings. The summed E-state index contributed by atoms with van der Waals surface area (Å²) in [7, 11) is 0. The molecule has 3 aliphatic carbocycles. The quantitative estimate of drug-likeness (QED) is 0.154. The van der Waals surface area contributed by atoms with Crippen LogP contribution in [0.1, 0.15) is 27.8 Å². The molecule has 0 saturated heterocycles. The van der Waals surface area contributed by atoms with Crippen LogP contribution in [0.15, 0.2) is 194 Å². The molecule has 0 N–H and O–H groups in total. The summed E-state index contributed by atoms with van der Waals surface area (Å²) in [4.78, 5) is 3.28. The van der Waals surface area contributed by atoms with E-state index in [0.717, 1.165) is 95.4 Å². The summed E-state index contributed by atoms with van der Waals surface area (Å²) in [5.41, 5.74) is 13.2. The van der Waals surface area contributed by atoms with Crippen molar-refractivity contribution in [1.29, 1.82) is 0 Å². The highest BCUT2D eigenvalue weighted by atomic mass is 19.4. The molecule has 0 radical (unpaired) electrons. The van der Waals surface area contributed by atoms with Crippen LogP contribution in [0.25, 0.3) is 55.3 Å². The second-order valence-corrected chi connectivity index (χ2v) is 16.6. The number of halogens is 6. The number of rotatable bonds is 6. The van der Waals surface area contributed by atoms with Crippen LogP contribution in [0, 0.1) is 0 Å². The third-order valence-electron chi connectivity index (χ3n) is 13.2. The molecule has 0 aromatic heterocycles. The minimum absolute atomic E-state index is 0.397. The van der Waals surface area contributed by atoms with Gasteiger partial charge in [0.1, 0.15) is 6.54 Å².